The molecule has 0 aliphatic carbocycles. The number of nitrogens with zero attached hydrogens (tertiary/aromatic N) is 2. The van der Waals surface area contributed by atoms with Crippen molar-refractivity contribution in [1.29, 1.82) is 0 Å². The Morgan fingerprint density at radius 3 is 2.67 bits per heavy atom. The molecule has 3 aromatic carbocycles. The number of aromatic nitrogens is 1. The highest BCUT2D eigenvalue weighted by Gasteiger charge is 2.57. The van der Waals surface area contributed by atoms with E-state index < -0.39 is 5.41 Å². The summed E-state index contributed by atoms with van der Waals surface area (Å²) in [5, 5.41) is 4.98. The van der Waals surface area contributed by atoms with Crippen LogP contribution in [-0.4, -0.2) is 17.7 Å². The fourth-order valence-electron chi connectivity index (χ4n) is 4.76. The molecule has 0 saturated carbocycles. The van der Waals surface area contributed by atoms with Crippen LogP contribution in [0.2, 0.25) is 0 Å². The van der Waals surface area contributed by atoms with Crippen LogP contribution in [-0.2, 0) is 16.8 Å². The average molecular weight is 396 g/mol. The van der Waals surface area contributed by atoms with Crippen molar-refractivity contribution in [2.75, 3.05) is 11.5 Å². The van der Waals surface area contributed by atoms with E-state index in [1.807, 2.05) is 48.2 Å². The van der Waals surface area contributed by atoms with Crippen molar-refractivity contribution in [2.45, 2.75) is 25.8 Å². The lowest BCUT2D eigenvalue weighted by Gasteiger charge is -2.23. The van der Waals surface area contributed by atoms with Gasteiger partial charge < -0.3 is 14.2 Å². The zero-order valence-corrected chi connectivity index (χ0v) is 16.8. The average Bonchev–Trinajstić information content (AvgIpc) is 3.39. The van der Waals surface area contributed by atoms with E-state index in [-0.39, 0.29) is 5.91 Å². The fourth-order valence-corrected chi connectivity index (χ4v) is 4.76. The van der Waals surface area contributed by atoms with Crippen LogP contribution in [0, 0.1) is 13.8 Å². The van der Waals surface area contributed by atoms with E-state index in [0.717, 1.165) is 39.2 Å². The Bertz CT molecular complexity index is 1320. The second-order valence-electron chi connectivity index (χ2n) is 8.20. The van der Waals surface area contributed by atoms with Crippen molar-refractivity contribution in [3.05, 3.63) is 88.6 Å². The Kier molecular flexibility index (Phi) is 3.43. The second-order valence-corrected chi connectivity index (χ2v) is 8.20. The summed E-state index contributed by atoms with van der Waals surface area (Å²) >= 11 is 0. The molecule has 0 saturated heterocycles. The van der Waals surface area contributed by atoms with E-state index in [4.69, 9.17) is 9.26 Å². The summed E-state index contributed by atoms with van der Waals surface area (Å²) in [6.45, 7) is 4.79. The molecule has 3 heterocycles. The number of para-hydroxylation sites is 1. The highest BCUT2D eigenvalue weighted by molar-refractivity contribution is 6.12. The van der Waals surface area contributed by atoms with Crippen LogP contribution in [0.5, 0.6) is 5.75 Å². The van der Waals surface area contributed by atoms with Gasteiger partial charge >= 0.3 is 0 Å². The van der Waals surface area contributed by atoms with Crippen LogP contribution >= 0.6 is 0 Å². The lowest BCUT2D eigenvalue weighted by molar-refractivity contribution is -0.122. The maximum Gasteiger partial charge on any atom is 0.246 e. The Labute approximate surface area is 173 Å². The van der Waals surface area contributed by atoms with E-state index in [1.54, 1.807) is 0 Å². The number of benzene rings is 3. The molecule has 4 aromatic rings. The van der Waals surface area contributed by atoms with Crippen LogP contribution < -0.4 is 9.64 Å². The Hall–Kier alpha value is -3.60. The molecule has 30 heavy (non-hydrogen) atoms. The van der Waals surface area contributed by atoms with Crippen LogP contribution in [0.15, 0.2) is 65.2 Å². The zero-order chi connectivity index (χ0) is 20.5. The first kappa shape index (κ1) is 17.3. The van der Waals surface area contributed by atoms with E-state index in [9.17, 15) is 4.79 Å². The van der Waals surface area contributed by atoms with Crippen molar-refractivity contribution in [3.63, 3.8) is 0 Å². The van der Waals surface area contributed by atoms with Gasteiger partial charge in [0.25, 0.3) is 0 Å². The van der Waals surface area contributed by atoms with E-state index >= 15 is 0 Å². The predicted molar refractivity (Wildman–Crippen MR) is 114 cm³/mol. The van der Waals surface area contributed by atoms with Crippen molar-refractivity contribution < 1.29 is 14.1 Å². The highest BCUT2D eigenvalue weighted by atomic mass is 16.5. The van der Waals surface area contributed by atoms with Gasteiger partial charge in [0.2, 0.25) is 5.91 Å². The fraction of sp³-hybridized carbons (Fsp3) is 0.200. The molecule has 6 rings (SSSR count). The third-order valence-corrected chi connectivity index (χ3v) is 6.38. The highest BCUT2D eigenvalue weighted by Crippen LogP contribution is 2.53. The summed E-state index contributed by atoms with van der Waals surface area (Å²) in [5.74, 6) is 0.771. The van der Waals surface area contributed by atoms with Gasteiger partial charge in [0, 0.05) is 16.6 Å². The molecular weight excluding hydrogens is 376 g/mol. The summed E-state index contributed by atoms with van der Waals surface area (Å²) in [5.41, 5.74) is 5.72. The second kappa shape index (κ2) is 5.95. The summed E-state index contributed by atoms with van der Waals surface area (Å²) in [6.07, 6.45) is 0. The van der Waals surface area contributed by atoms with Gasteiger partial charge in [-0.15, -0.1) is 0 Å². The lowest BCUT2D eigenvalue weighted by Crippen LogP contribution is -2.42. The molecule has 0 bridgehead atoms. The number of rotatable bonds is 2. The van der Waals surface area contributed by atoms with Crippen molar-refractivity contribution in [2.24, 2.45) is 0 Å². The number of carbonyl (C=O) groups excluding carboxylic acids is 1. The van der Waals surface area contributed by atoms with Crippen LogP contribution in [0.1, 0.15) is 27.9 Å². The molecule has 1 amide bonds. The minimum atomic E-state index is -0.856. The maximum atomic E-state index is 14.0. The molecule has 0 N–H and O–H groups in total. The quantitative estimate of drug-likeness (QED) is 0.494. The Balaban J connectivity index is 1.52. The molecule has 2 aliphatic heterocycles. The van der Waals surface area contributed by atoms with Gasteiger partial charge in [-0.1, -0.05) is 53.2 Å². The van der Waals surface area contributed by atoms with Gasteiger partial charge in [-0.3, -0.25) is 4.79 Å². The van der Waals surface area contributed by atoms with Crippen molar-refractivity contribution in [1.82, 2.24) is 5.16 Å². The molecule has 0 fully saturated rings. The standard InChI is InChI=1S/C25H20N2O3/c1-15-7-9-17(10-8-15)13-27-21-6-4-3-5-19(21)25(24(27)28)14-29-23-11-18-16(2)26-30-22(18)12-20(23)25/h3-12H,13-14H2,1-2H3. The van der Waals surface area contributed by atoms with Crippen molar-refractivity contribution in [3.8, 4) is 5.75 Å². The number of hydrogen-bond acceptors (Lipinski definition) is 4. The van der Waals surface area contributed by atoms with Gasteiger partial charge in [-0.05, 0) is 43.2 Å². The topological polar surface area (TPSA) is 55.6 Å². The number of hydrogen-bond donors (Lipinski definition) is 0. The molecule has 1 unspecified atom stereocenters. The normalized spacial score (nSPS) is 19.4. The Morgan fingerprint density at radius 2 is 1.83 bits per heavy atom. The Morgan fingerprint density at radius 1 is 1.03 bits per heavy atom. The van der Waals surface area contributed by atoms with E-state index in [2.05, 4.69) is 36.3 Å². The largest absolute Gasteiger partial charge is 0.491 e. The van der Waals surface area contributed by atoms with Gasteiger partial charge in [-0.25, -0.2) is 0 Å². The first-order valence-electron chi connectivity index (χ1n) is 10.1. The molecule has 0 radical (unpaired) electrons. The minimum Gasteiger partial charge on any atom is -0.491 e. The SMILES string of the molecule is Cc1ccc(CN2C(=O)C3(COc4cc5c(C)noc5cc43)c3ccccc32)cc1. The summed E-state index contributed by atoms with van der Waals surface area (Å²) in [6, 6.07) is 20.2. The van der Waals surface area contributed by atoms with Crippen LogP contribution in [0.25, 0.3) is 11.0 Å². The van der Waals surface area contributed by atoms with Crippen LogP contribution in [0.4, 0.5) is 5.69 Å². The number of carbonyl (C=O) groups is 1. The molecule has 5 heteroatoms. The van der Waals surface area contributed by atoms with Crippen molar-refractivity contribution >= 4 is 22.6 Å². The van der Waals surface area contributed by atoms with Gasteiger partial charge in [0.15, 0.2) is 5.58 Å². The lowest BCUT2D eigenvalue weighted by atomic mass is 9.77. The van der Waals surface area contributed by atoms with Crippen LogP contribution in [0.3, 0.4) is 0 Å². The van der Waals surface area contributed by atoms with E-state index in [0.29, 0.717) is 18.7 Å². The maximum absolute atomic E-state index is 14.0. The van der Waals surface area contributed by atoms with Gasteiger partial charge in [0.1, 0.15) is 17.8 Å². The number of ether oxygens (including phenoxy) is 1. The number of aryl methyl sites for hydroxylation is 2. The molecular formula is C25H20N2O3. The summed E-state index contributed by atoms with van der Waals surface area (Å²) < 4.78 is 11.6. The summed E-state index contributed by atoms with van der Waals surface area (Å²) in [7, 11) is 0. The number of fused-ring (bicyclic) bond motifs is 5. The molecule has 1 atom stereocenters. The first-order chi connectivity index (χ1) is 14.6. The molecule has 148 valence electrons. The van der Waals surface area contributed by atoms with Gasteiger partial charge in [0.05, 0.1) is 12.2 Å². The van der Waals surface area contributed by atoms with E-state index in [1.165, 1.54) is 5.56 Å². The molecule has 1 spiro atoms. The minimum absolute atomic E-state index is 0.0404. The number of amides is 1. The third-order valence-electron chi connectivity index (χ3n) is 6.38. The third kappa shape index (κ3) is 2.17. The smallest absolute Gasteiger partial charge is 0.246 e. The summed E-state index contributed by atoms with van der Waals surface area (Å²) in [4.78, 5) is 15.8. The number of anilines is 1. The molecule has 1 aromatic heterocycles. The molecule has 2 aliphatic rings. The predicted octanol–water partition coefficient (Wildman–Crippen LogP) is 4.67. The van der Waals surface area contributed by atoms with Gasteiger partial charge in [-0.2, -0.15) is 0 Å². The first-order valence-corrected chi connectivity index (χ1v) is 10.1. The zero-order valence-electron chi connectivity index (χ0n) is 16.8. The monoisotopic (exact) mass is 396 g/mol. The molecule has 5 nitrogen and oxygen atoms in total.